The van der Waals surface area contributed by atoms with Crippen molar-refractivity contribution >= 4 is 0 Å². The molecule has 1 heterocycles. The Bertz CT molecular complexity index is 595. The smallest absolute Gasteiger partial charge is 0.0645 e. The number of hydrogen-bond acceptors (Lipinski definition) is 3. The van der Waals surface area contributed by atoms with Gasteiger partial charge in [0.2, 0.25) is 0 Å². The van der Waals surface area contributed by atoms with Crippen LogP contribution in [0.25, 0.3) is 5.69 Å². The van der Waals surface area contributed by atoms with Gasteiger partial charge < -0.3 is 10.4 Å². The summed E-state index contributed by atoms with van der Waals surface area (Å²) in [5, 5.41) is 18.1. The highest BCUT2D eigenvalue weighted by molar-refractivity contribution is 5.30. The van der Waals surface area contributed by atoms with Crippen molar-refractivity contribution in [2.24, 2.45) is 5.41 Å². The molecule has 0 bridgehead atoms. The maximum absolute atomic E-state index is 10.2. The van der Waals surface area contributed by atoms with E-state index in [1.165, 1.54) is 6.42 Å². The maximum Gasteiger partial charge on any atom is 0.0645 e. The average Bonchev–Trinajstić information content (AvgIpc) is 3.00. The number of nitrogens with one attached hydrogen (secondary N) is 1. The second-order valence-corrected chi connectivity index (χ2v) is 6.65. The molecule has 0 aliphatic heterocycles. The second-order valence-electron chi connectivity index (χ2n) is 6.65. The molecule has 1 aromatic heterocycles. The number of rotatable bonds is 5. The van der Waals surface area contributed by atoms with Crippen LogP contribution in [-0.2, 0) is 6.54 Å². The summed E-state index contributed by atoms with van der Waals surface area (Å²) in [5.74, 6) is 0. The van der Waals surface area contributed by atoms with Gasteiger partial charge in [-0.3, -0.25) is 0 Å². The van der Waals surface area contributed by atoms with E-state index >= 15 is 0 Å². The molecule has 0 amide bonds. The van der Waals surface area contributed by atoms with Crippen molar-refractivity contribution < 1.29 is 5.11 Å². The van der Waals surface area contributed by atoms with Gasteiger partial charge in [0, 0.05) is 30.3 Å². The highest BCUT2D eigenvalue weighted by Gasteiger charge is 2.34. The Balaban J connectivity index is 1.55. The molecule has 0 spiro atoms. The predicted octanol–water partition coefficient (Wildman–Crippen LogP) is 2.90. The van der Waals surface area contributed by atoms with Crippen molar-refractivity contribution in [3.63, 3.8) is 0 Å². The minimum absolute atomic E-state index is 0.00761. The number of nitrogens with zero attached hydrogens (tertiary/aromatic N) is 2. The average molecular weight is 299 g/mol. The van der Waals surface area contributed by atoms with Gasteiger partial charge in [0.15, 0.2) is 0 Å². The number of aliphatic hydroxyl groups excluding tert-OH is 1. The monoisotopic (exact) mass is 299 g/mol. The van der Waals surface area contributed by atoms with Gasteiger partial charge >= 0.3 is 0 Å². The Morgan fingerprint density at radius 2 is 2.14 bits per heavy atom. The van der Waals surface area contributed by atoms with Crippen LogP contribution in [0, 0.1) is 5.41 Å². The van der Waals surface area contributed by atoms with Crippen molar-refractivity contribution in [2.45, 2.75) is 45.3 Å². The van der Waals surface area contributed by atoms with Gasteiger partial charge in [-0.15, -0.1) is 0 Å². The number of benzene rings is 1. The first-order valence-corrected chi connectivity index (χ1v) is 8.15. The van der Waals surface area contributed by atoms with Crippen LogP contribution in [0.3, 0.4) is 0 Å². The van der Waals surface area contributed by atoms with Crippen LogP contribution in [-0.4, -0.2) is 27.5 Å². The van der Waals surface area contributed by atoms with E-state index in [9.17, 15) is 5.11 Å². The summed E-state index contributed by atoms with van der Waals surface area (Å²) >= 11 is 0. The fraction of sp³-hybridized carbons (Fsp3) is 0.500. The number of aromatic nitrogens is 2. The summed E-state index contributed by atoms with van der Waals surface area (Å²) in [4.78, 5) is 0. The molecule has 22 heavy (non-hydrogen) atoms. The van der Waals surface area contributed by atoms with Crippen LogP contribution in [0.5, 0.6) is 0 Å². The molecular weight excluding hydrogens is 274 g/mol. The van der Waals surface area contributed by atoms with Gasteiger partial charge in [-0.05, 0) is 25.0 Å². The second kappa shape index (κ2) is 6.63. The molecule has 4 heteroatoms. The lowest BCUT2D eigenvalue weighted by Gasteiger charge is -2.38. The number of aliphatic hydroxyl groups is 1. The fourth-order valence-corrected chi connectivity index (χ4v) is 3.25. The van der Waals surface area contributed by atoms with Gasteiger partial charge in [-0.1, -0.05) is 38.0 Å². The van der Waals surface area contributed by atoms with E-state index in [4.69, 9.17) is 0 Å². The first kappa shape index (κ1) is 15.3. The first-order valence-electron chi connectivity index (χ1n) is 8.15. The molecule has 1 aliphatic carbocycles. The molecule has 1 fully saturated rings. The highest BCUT2D eigenvalue weighted by atomic mass is 16.3. The van der Waals surface area contributed by atoms with Gasteiger partial charge in [0.1, 0.15) is 0 Å². The first-order chi connectivity index (χ1) is 10.7. The van der Waals surface area contributed by atoms with Crippen LogP contribution in [0.15, 0.2) is 42.7 Å². The van der Waals surface area contributed by atoms with Crippen LogP contribution in [0.2, 0.25) is 0 Å². The predicted molar refractivity (Wildman–Crippen MR) is 87.9 cm³/mol. The molecule has 1 aliphatic rings. The van der Waals surface area contributed by atoms with E-state index in [1.54, 1.807) is 0 Å². The summed E-state index contributed by atoms with van der Waals surface area (Å²) in [6.07, 6.45) is 8.19. The summed E-state index contributed by atoms with van der Waals surface area (Å²) in [5.41, 5.74) is 2.24. The molecule has 2 aromatic rings. The zero-order chi connectivity index (χ0) is 15.4. The largest absolute Gasteiger partial charge is 0.393 e. The molecule has 0 radical (unpaired) electrons. The summed E-state index contributed by atoms with van der Waals surface area (Å²) < 4.78 is 1.90. The third-order valence-corrected chi connectivity index (χ3v) is 4.79. The molecule has 2 unspecified atom stereocenters. The van der Waals surface area contributed by atoms with Crippen molar-refractivity contribution in [1.82, 2.24) is 15.1 Å². The quantitative estimate of drug-likeness (QED) is 0.892. The summed E-state index contributed by atoms with van der Waals surface area (Å²) in [6, 6.07) is 10.1. The zero-order valence-corrected chi connectivity index (χ0v) is 13.2. The van der Waals surface area contributed by atoms with Gasteiger partial charge in [0.05, 0.1) is 18.0 Å². The molecule has 4 nitrogen and oxygen atoms in total. The fourth-order valence-electron chi connectivity index (χ4n) is 3.25. The van der Waals surface area contributed by atoms with Crippen molar-refractivity contribution in [1.29, 1.82) is 0 Å². The van der Waals surface area contributed by atoms with Crippen LogP contribution < -0.4 is 5.32 Å². The Hall–Kier alpha value is -1.65. The SMILES string of the molecule is CC1(CNCc2cnn(-c3ccccc3)c2)CCCCC1O. The molecule has 118 valence electrons. The molecule has 1 saturated carbocycles. The highest BCUT2D eigenvalue weighted by Crippen LogP contribution is 2.35. The van der Waals surface area contributed by atoms with E-state index in [0.717, 1.165) is 43.6 Å². The van der Waals surface area contributed by atoms with E-state index in [0.29, 0.717) is 0 Å². The third-order valence-electron chi connectivity index (χ3n) is 4.79. The molecular formula is C18H25N3O. The lowest BCUT2D eigenvalue weighted by Crippen LogP contribution is -2.43. The maximum atomic E-state index is 10.2. The number of hydrogen-bond donors (Lipinski definition) is 2. The Labute approximate surface area is 132 Å². The molecule has 1 aromatic carbocycles. The van der Waals surface area contributed by atoms with Gasteiger partial charge in [0.25, 0.3) is 0 Å². The topological polar surface area (TPSA) is 50.1 Å². The number of para-hydroxylation sites is 1. The van der Waals surface area contributed by atoms with E-state index in [-0.39, 0.29) is 11.5 Å². The van der Waals surface area contributed by atoms with Crippen molar-refractivity contribution in [3.8, 4) is 5.69 Å². The van der Waals surface area contributed by atoms with Crippen LogP contribution in [0.1, 0.15) is 38.2 Å². The molecule has 3 rings (SSSR count). The van der Waals surface area contributed by atoms with Crippen molar-refractivity contribution in [2.75, 3.05) is 6.54 Å². The normalized spacial score (nSPS) is 25.3. The molecule has 0 saturated heterocycles. The van der Waals surface area contributed by atoms with E-state index < -0.39 is 0 Å². The summed E-state index contributed by atoms with van der Waals surface area (Å²) in [7, 11) is 0. The van der Waals surface area contributed by atoms with Gasteiger partial charge in [-0.25, -0.2) is 4.68 Å². The summed E-state index contributed by atoms with van der Waals surface area (Å²) in [6.45, 7) is 3.83. The minimum atomic E-state index is -0.180. The molecule has 2 N–H and O–H groups in total. The zero-order valence-electron chi connectivity index (χ0n) is 13.2. The lowest BCUT2D eigenvalue weighted by atomic mass is 9.73. The molecule has 2 atom stereocenters. The van der Waals surface area contributed by atoms with E-state index in [1.807, 2.05) is 41.2 Å². The lowest BCUT2D eigenvalue weighted by molar-refractivity contribution is 0.00115. The Morgan fingerprint density at radius 3 is 2.91 bits per heavy atom. The third kappa shape index (κ3) is 3.39. The Morgan fingerprint density at radius 1 is 1.32 bits per heavy atom. The van der Waals surface area contributed by atoms with Crippen molar-refractivity contribution in [3.05, 3.63) is 48.3 Å². The standard InChI is InChI=1S/C18H25N3O/c1-18(10-6-5-9-17(18)22)14-19-11-15-12-20-21(13-15)16-7-3-2-4-8-16/h2-4,7-8,12-13,17,19,22H,5-6,9-11,14H2,1H3. The Kier molecular flexibility index (Phi) is 4.60. The minimum Gasteiger partial charge on any atom is -0.393 e. The van der Waals surface area contributed by atoms with Crippen LogP contribution >= 0.6 is 0 Å². The van der Waals surface area contributed by atoms with E-state index in [2.05, 4.69) is 23.5 Å². The van der Waals surface area contributed by atoms with Crippen LogP contribution in [0.4, 0.5) is 0 Å². The van der Waals surface area contributed by atoms with Gasteiger partial charge in [-0.2, -0.15) is 5.10 Å².